The van der Waals surface area contributed by atoms with Crippen LogP contribution in [0.25, 0.3) is 0 Å². The van der Waals surface area contributed by atoms with Crippen molar-refractivity contribution in [3.8, 4) is 0 Å². The molecule has 0 bridgehead atoms. The number of hydrogen-bond acceptors (Lipinski definition) is 5. The van der Waals surface area contributed by atoms with Crippen LogP contribution in [0.1, 0.15) is 39.5 Å². The fraction of sp³-hybridized carbons (Fsp3) is 0.929. The van der Waals surface area contributed by atoms with Gasteiger partial charge in [0.25, 0.3) is 0 Å². The van der Waals surface area contributed by atoms with E-state index in [4.69, 9.17) is 19.9 Å². The number of carbonyl (C=O) groups excluding carboxylic acids is 1. The van der Waals surface area contributed by atoms with Crippen molar-refractivity contribution in [1.29, 1.82) is 0 Å². The molecule has 0 saturated carbocycles. The van der Waals surface area contributed by atoms with Gasteiger partial charge in [0, 0.05) is 5.92 Å². The van der Waals surface area contributed by atoms with E-state index in [0.29, 0.717) is 13.4 Å². The van der Waals surface area contributed by atoms with Crippen LogP contribution in [-0.4, -0.2) is 44.8 Å². The van der Waals surface area contributed by atoms with Gasteiger partial charge in [-0.15, -0.1) is 0 Å². The second-order valence-corrected chi connectivity index (χ2v) is 5.83. The molecule has 0 aliphatic carbocycles. The summed E-state index contributed by atoms with van der Waals surface area (Å²) in [5.74, 6) is 0.207. The zero-order valence-corrected chi connectivity index (χ0v) is 12.8. The van der Waals surface area contributed by atoms with Crippen LogP contribution in [0.3, 0.4) is 0 Å². The predicted octanol–water partition coefficient (Wildman–Crippen LogP) is 1.63. The van der Waals surface area contributed by atoms with Crippen molar-refractivity contribution < 1.29 is 19.0 Å². The molecule has 1 rings (SSSR count). The van der Waals surface area contributed by atoms with Gasteiger partial charge in [-0.2, -0.15) is 0 Å². The highest BCUT2D eigenvalue weighted by Crippen LogP contribution is 2.32. The molecular formula is C14H28N2O4. The standard InChI is InChI=1S/C14H28N2O4/c1-14(2,20-13(15)17)11(6-4-5-7-16-3)8-12-9-18-10-19-12/h11-12,16H,4-10H2,1-3H3,(H2,15,17). The molecule has 0 aromatic carbocycles. The first-order valence-corrected chi connectivity index (χ1v) is 7.28. The van der Waals surface area contributed by atoms with Crippen molar-refractivity contribution in [3.05, 3.63) is 0 Å². The van der Waals surface area contributed by atoms with Crippen molar-refractivity contribution in [3.63, 3.8) is 0 Å². The van der Waals surface area contributed by atoms with E-state index in [9.17, 15) is 4.79 Å². The van der Waals surface area contributed by atoms with Gasteiger partial charge in [0.05, 0.1) is 12.7 Å². The molecule has 0 radical (unpaired) electrons. The lowest BCUT2D eigenvalue weighted by Gasteiger charge is -2.34. The average molecular weight is 288 g/mol. The summed E-state index contributed by atoms with van der Waals surface area (Å²) >= 11 is 0. The minimum atomic E-state index is -0.723. The Bertz CT molecular complexity index is 291. The Morgan fingerprint density at radius 2 is 2.25 bits per heavy atom. The minimum Gasteiger partial charge on any atom is -0.443 e. The van der Waals surface area contributed by atoms with E-state index < -0.39 is 11.7 Å². The number of nitrogens with two attached hydrogens (primary N) is 1. The number of carbonyl (C=O) groups is 1. The van der Waals surface area contributed by atoms with E-state index >= 15 is 0 Å². The van der Waals surface area contributed by atoms with E-state index in [1.54, 1.807) is 0 Å². The number of rotatable bonds is 9. The number of ether oxygens (including phenoxy) is 3. The van der Waals surface area contributed by atoms with Crippen LogP contribution < -0.4 is 11.1 Å². The van der Waals surface area contributed by atoms with Crippen LogP contribution in [0.5, 0.6) is 0 Å². The van der Waals surface area contributed by atoms with Gasteiger partial charge in [0.2, 0.25) is 0 Å². The Balaban J connectivity index is 2.54. The molecule has 2 unspecified atom stereocenters. The van der Waals surface area contributed by atoms with Crippen molar-refractivity contribution >= 4 is 6.09 Å². The molecular weight excluding hydrogens is 260 g/mol. The largest absolute Gasteiger partial charge is 0.443 e. The van der Waals surface area contributed by atoms with Crippen molar-refractivity contribution in [1.82, 2.24) is 5.32 Å². The van der Waals surface area contributed by atoms with E-state index in [2.05, 4.69) is 5.32 Å². The molecule has 1 saturated heterocycles. The molecule has 0 spiro atoms. The number of amides is 1. The van der Waals surface area contributed by atoms with E-state index in [1.807, 2.05) is 20.9 Å². The second kappa shape index (κ2) is 8.44. The summed E-state index contributed by atoms with van der Waals surface area (Å²) < 4.78 is 16.0. The van der Waals surface area contributed by atoms with Crippen LogP contribution in [0, 0.1) is 5.92 Å². The molecule has 3 N–H and O–H groups in total. The van der Waals surface area contributed by atoms with Gasteiger partial charge in [-0.05, 0) is 46.7 Å². The summed E-state index contributed by atoms with van der Waals surface area (Å²) in [5, 5.41) is 3.14. The smallest absolute Gasteiger partial charge is 0.405 e. The number of nitrogens with one attached hydrogen (secondary N) is 1. The SMILES string of the molecule is CNCCCCC(CC1COCO1)C(C)(C)OC(N)=O. The van der Waals surface area contributed by atoms with Gasteiger partial charge < -0.3 is 25.3 Å². The number of unbranched alkanes of at least 4 members (excludes halogenated alkanes) is 1. The molecule has 0 aromatic heterocycles. The third kappa shape index (κ3) is 6.07. The Morgan fingerprint density at radius 1 is 1.50 bits per heavy atom. The highest BCUT2D eigenvalue weighted by molar-refractivity contribution is 5.65. The topological polar surface area (TPSA) is 82.8 Å². The summed E-state index contributed by atoms with van der Waals surface area (Å²) in [4.78, 5) is 11.1. The highest BCUT2D eigenvalue weighted by Gasteiger charge is 2.35. The molecule has 1 heterocycles. The molecule has 118 valence electrons. The normalized spacial score (nSPS) is 20.9. The number of primary amides is 1. The van der Waals surface area contributed by atoms with Crippen molar-refractivity contribution in [2.45, 2.75) is 51.2 Å². The lowest BCUT2D eigenvalue weighted by atomic mass is 9.82. The lowest BCUT2D eigenvalue weighted by molar-refractivity contribution is -0.0284. The van der Waals surface area contributed by atoms with Gasteiger partial charge in [0.1, 0.15) is 12.4 Å². The van der Waals surface area contributed by atoms with Crippen LogP contribution in [0.2, 0.25) is 0 Å². The monoisotopic (exact) mass is 288 g/mol. The van der Waals surface area contributed by atoms with Crippen LogP contribution in [0.4, 0.5) is 4.79 Å². The molecule has 6 nitrogen and oxygen atoms in total. The first-order chi connectivity index (χ1) is 9.45. The Labute approximate surface area is 121 Å². The molecule has 1 fully saturated rings. The van der Waals surface area contributed by atoms with Crippen molar-refractivity contribution in [2.24, 2.45) is 11.7 Å². The van der Waals surface area contributed by atoms with E-state index in [-0.39, 0.29) is 12.0 Å². The molecule has 0 aromatic rings. The predicted molar refractivity (Wildman–Crippen MR) is 76.3 cm³/mol. The van der Waals surface area contributed by atoms with Gasteiger partial charge in [0.15, 0.2) is 0 Å². The number of hydrogen-bond donors (Lipinski definition) is 2. The van der Waals surface area contributed by atoms with Gasteiger partial charge >= 0.3 is 6.09 Å². The molecule has 1 aliphatic rings. The quantitative estimate of drug-likeness (QED) is 0.630. The maximum absolute atomic E-state index is 11.1. The van der Waals surface area contributed by atoms with Crippen LogP contribution in [-0.2, 0) is 14.2 Å². The maximum Gasteiger partial charge on any atom is 0.405 e. The van der Waals surface area contributed by atoms with Gasteiger partial charge in [-0.1, -0.05) is 6.42 Å². The zero-order valence-electron chi connectivity index (χ0n) is 12.8. The summed E-state index contributed by atoms with van der Waals surface area (Å²) in [7, 11) is 1.95. The first-order valence-electron chi connectivity index (χ1n) is 7.28. The molecule has 2 atom stereocenters. The molecule has 1 amide bonds. The van der Waals surface area contributed by atoms with E-state index in [0.717, 1.165) is 32.2 Å². The fourth-order valence-corrected chi connectivity index (χ4v) is 2.61. The second-order valence-electron chi connectivity index (χ2n) is 5.83. The zero-order chi connectivity index (χ0) is 15.0. The van der Waals surface area contributed by atoms with Gasteiger partial charge in [-0.3, -0.25) is 0 Å². The maximum atomic E-state index is 11.1. The highest BCUT2D eigenvalue weighted by atomic mass is 16.7. The first kappa shape index (κ1) is 17.2. The molecule has 1 aliphatic heterocycles. The third-order valence-electron chi connectivity index (χ3n) is 3.81. The Morgan fingerprint density at radius 3 is 2.80 bits per heavy atom. The fourth-order valence-electron chi connectivity index (χ4n) is 2.61. The Hall–Kier alpha value is -0.850. The molecule has 20 heavy (non-hydrogen) atoms. The summed E-state index contributed by atoms with van der Waals surface area (Å²) in [6, 6.07) is 0. The summed E-state index contributed by atoms with van der Waals surface area (Å²) in [6.45, 7) is 5.79. The van der Waals surface area contributed by atoms with Crippen LogP contribution >= 0.6 is 0 Å². The van der Waals surface area contributed by atoms with Gasteiger partial charge in [-0.25, -0.2) is 4.79 Å². The molecule has 6 heteroatoms. The van der Waals surface area contributed by atoms with Crippen molar-refractivity contribution in [2.75, 3.05) is 27.0 Å². The van der Waals surface area contributed by atoms with E-state index in [1.165, 1.54) is 0 Å². The lowest BCUT2D eigenvalue weighted by Crippen LogP contribution is -2.40. The summed E-state index contributed by atoms with van der Waals surface area (Å²) in [6.07, 6.45) is 3.33. The third-order valence-corrected chi connectivity index (χ3v) is 3.81. The van der Waals surface area contributed by atoms with Crippen LogP contribution in [0.15, 0.2) is 0 Å². The minimum absolute atomic E-state index is 0.0834. The summed E-state index contributed by atoms with van der Waals surface area (Å²) in [5.41, 5.74) is 4.59. The average Bonchev–Trinajstić information content (AvgIpc) is 2.84. The Kier molecular flexibility index (Phi) is 7.26.